The Hall–Kier alpha value is -0.610. The minimum atomic E-state index is -6.93. The van der Waals surface area contributed by atoms with E-state index < -0.39 is 41.4 Å². The van der Waals surface area contributed by atoms with Crippen LogP contribution in [-0.4, -0.2) is 34.8 Å². The zero-order chi connectivity index (χ0) is 15.3. The topological polar surface area (TPSA) is 17.1 Å². The molecule has 1 fully saturated rings. The van der Waals surface area contributed by atoms with Crippen LogP contribution < -0.4 is 0 Å². The highest BCUT2D eigenvalue weighted by molar-refractivity contribution is 8.14. The molecule has 1 aliphatic heterocycles. The van der Waals surface area contributed by atoms with Crippen molar-refractivity contribution in [1.82, 2.24) is 0 Å². The molecule has 1 saturated heterocycles. The lowest BCUT2D eigenvalue weighted by Crippen LogP contribution is -2.63. The number of carbonyl (C=O) groups is 1. The first kappa shape index (κ1) is 16.4. The Morgan fingerprint density at radius 1 is 0.895 bits per heavy atom. The van der Waals surface area contributed by atoms with Crippen molar-refractivity contribution in [2.75, 3.05) is 5.75 Å². The molecule has 0 radical (unpaired) electrons. The van der Waals surface area contributed by atoms with Crippen molar-refractivity contribution < 1.29 is 44.3 Å². The highest BCUT2D eigenvalue weighted by Gasteiger charge is 2.83. The van der Waals surface area contributed by atoms with Crippen LogP contribution in [0.4, 0.5) is 39.5 Å². The molecule has 0 N–H and O–H groups in total. The monoisotopic (exact) mass is 320 g/mol. The van der Waals surface area contributed by atoms with Gasteiger partial charge in [0, 0.05) is 5.75 Å². The highest BCUT2D eigenvalue weighted by atomic mass is 32.2. The van der Waals surface area contributed by atoms with Crippen molar-refractivity contribution in [2.45, 2.75) is 30.4 Å². The Balaban J connectivity index is 3.21. The molecule has 1 atom stereocenters. The lowest BCUT2D eigenvalue weighted by Gasteiger charge is -2.35. The van der Waals surface area contributed by atoms with E-state index in [4.69, 9.17) is 0 Å². The maximum Gasteiger partial charge on any atom is 0.460 e. The SMILES string of the molecule is O=C1SCCC1C(F)(F)C(F)(F)C(F)(F)C(F)(F)F. The first-order valence-corrected chi connectivity index (χ1v) is 5.62. The molecule has 1 nitrogen and oxygen atoms in total. The Morgan fingerprint density at radius 3 is 1.68 bits per heavy atom. The van der Waals surface area contributed by atoms with Gasteiger partial charge in [-0.1, -0.05) is 11.8 Å². The van der Waals surface area contributed by atoms with Crippen LogP contribution in [0.2, 0.25) is 0 Å². The van der Waals surface area contributed by atoms with Gasteiger partial charge in [0.1, 0.15) is 0 Å². The van der Waals surface area contributed by atoms with Crippen LogP contribution in [0.15, 0.2) is 0 Å². The lowest BCUT2D eigenvalue weighted by atomic mass is 9.91. The molecule has 0 saturated carbocycles. The second kappa shape index (κ2) is 4.45. The van der Waals surface area contributed by atoms with Gasteiger partial charge < -0.3 is 0 Å². The third-order valence-electron chi connectivity index (χ3n) is 2.54. The number of alkyl halides is 9. The van der Waals surface area contributed by atoms with Crippen molar-refractivity contribution in [3.05, 3.63) is 0 Å². The zero-order valence-corrected chi connectivity index (χ0v) is 9.53. The van der Waals surface area contributed by atoms with Crippen LogP contribution in [0.1, 0.15) is 6.42 Å². The third-order valence-corrected chi connectivity index (χ3v) is 3.55. The predicted molar refractivity (Wildman–Crippen MR) is 46.5 cm³/mol. The summed E-state index contributed by atoms with van der Waals surface area (Å²) in [5, 5.41) is -1.53. The smallest absolute Gasteiger partial charge is 0.287 e. The Labute approximate surface area is 104 Å². The lowest BCUT2D eigenvalue weighted by molar-refractivity contribution is -0.400. The number of halogens is 9. The predicted octanol–water partition coefficient (Wildman–Crippen LogP) is 3.73. The molecule has 0 amide bonds. The Morgan fingerprint density at radius 2 is 1.37 bits per heavy atom. The molecule has 0 aromatic heterocycles. The second-order valence-electron chi connectivity index (χ2n) is 3.78. The minimum absolute atomic E-state index is 0.188. The maximum absolute atomic E-state index is 13.2. The van der Waals surface area contributed by atoms with E-state index in [0.29, 0.717) is 0 Å². The van der Waals surface area contributed by atoms with Gasteiger partial charge in [0.2, 0.25) is 0 Å². The Kier molecular flexibility index (Phi) is 3.85. The van der Waals surface area contributed by atoms with Gasteiger partial charge in [0.15, 0.2) is 5.12 Å². The van der Waals surface area contributed by atoms with Gasteiger partial charge in [0.25, 0.3) is 0 Å². The van der Waals surface area contributed by atoms with E-state index in [1.165, 1.54) is 0 Å². The molecule has 1 aliphatic rings. The fraction of sp³-hybridized carbons (Fsp3) is 0.875. The summed E-state index contributed by atoms with van der Waals surface area (Å²) in [4.78, 5) is 10.9. The molecule has 0 aromatic rings. The normalized spacial score (nSPS) is 23.0. The molecule has 0 aliphatic carbocycles. The molecule has 11 heteroatoms. The largest absolute Gasteiger partial charge is 0.460 e. The van der Waals surface area contributed by atoms with Crippen LogP contribution in [-0.2, 0) is 4.79 Å². The highest BCUT2D eigenvalue weighted by Crippen LogP contribution is 2.57. The summed E-state index contributed by atoms with van der Waals surface area (Å²) in [5.74, 6) is -22.6. The summed E-state index contributed by atoms with van der Waals surface area (Å²) in [6.07, 6.45) is -7.74. The summed E-state index contributed by atoms with van der Waals surface area (Å²) in [6.45, 7) is 0. The number of hydrogen-bond donors (Lipinski definition) is 0. The summed E-state index contributed by atoms with van der Waals surface area (Å²) in [5.41, 5.74) is 0. The van der Waals surface area contributed by atoms with Crippen molar-refractivity contribution in [3.8, 4) is 0 Å². The molecule has 0 bridgehead atoms. The molecule has 0 spiro atoms. The third kappa shape index (κ3) is 2.29. The van der Waals surface area contributed by atoms with Crippen LogP contribution in [0.25, 0.3) is 0 Å². The van der Waals surface area contributed by atoms with Crippen LogP contribution in [0.5, 0.6) is 0 Å². The summed E-state index contributed by atoms with van der Waals surface area (Å²) in [6, 6.07) is 0. The van der Waals surface area contributed by atoms with Crippen molar-refractivity contribution >= 4 is 16.9 Å². The standard InChI is InChI=1S/C8H5F9OS/c9-5(10,3-1-2-19-4(3)18)6(11,12)7(13,14)8(15,16)17/h3H,1-2H2. The summed E-state index contributed by atoms with van der Waals surface area (Å²) < 4.78 is 113. The van der Waals surface area contributed by atoms with E-state index in [0.717, 1.165) is 0 Å². The first-order valence-electron chi connectivity index (χ1n) is 4.63. The quantitative estimate of drug-likeness (QED) is 0.737. The van der Waals surface area contributed by atoms with Crippen molar-refractivity contribution in [1.29, 1.82) is 0 Å². The molecule has 0 aromatic carbocycles. The average Bonchev–Trinajstić information content (AvgIpc) is 2.62. The van der Waals surface area contributed by atoms with E-state index in [2.05, 4.69) is 0 Å². The van der Waals surface area contributed by atoms with Crippen LogP contribution in [0, 0.1) is 5.92 Å². The first-order chi connectivity index (χ1) is 8.27. The minimum Gasteiger partial charge on any atom is -0.287 e. The number of rotatable bonds is 3. The average molecular weight is 320 g/mol. The molecular formula is C8H5F9OS. The zero-order valence-electron chi connectivity index (χ0n) is 8.71. The van der Waals surface area contributed by atoms with Gasteiger partial charge >= 0.3 is 23.9 Å². The fourth-order valence-corrected chi connectivity index (χ4v) is 2.45. The molecule has 1 unspecified atom stereocenters. The van der Waals surface area contributed by atoms with Crippen LogP contribution in [0.3, 0.4) is 0 Å². The molecule has 1 rings (SSSR count). The fourth-order valence-electron chi connectivity index (χ4n) is 1.43. The number of thioether (sulfide) groups is 1. The second-order valence-corrected chi connectivity index (χ2v) is 4.88. The van der Waals surface area contributed by atoms with E-state index in [9.17, 15) is 44.3 Å². The van der Waals surface area contributed by atoms with Crippen molar-refractivity contribution in [2.24, 2.45) is 5.92 Å². The molecule has 19 heavy (non-hydrogen) atoms. The van der Waals surface area contributed by atoms with Gasteiger partial charge in [-0.3, -0.25) is 4.79 Å². The summed E-state index contributed by atoms with van der Waals surface area (Å²) in [7, 11) is 0. The van der Waals surface area contributed by atoms with E-state index >= 15 is 0 Å². The van der Waals surface area contributed by atoms with Gasteiger partial charge in [-0.2, -0.15) is 39.5 Å². The molecule has 112 valence electrons. The summed E-state index contributed by atoms with van der Waals surface area (Å²) >= 11 is 0.188. The number of carbonyl (C=O) groups excluding carboxylic acids is 1. The molecular weight excluding hydrogens is 315 g/mol. The van der Waals surface area contributed by atoms with Gasteiger partial charge in [-0.15, -0.1) is 0 Å². The van der Waals surface area contributed by atoms with Gasteiger partial charge in [-0.25, -0.2) is 0 Å². The van der Waals surface area contributed by atoms with E-state index in [1.54, 1.807) is 0 Å². The van der Waals surface area contributed by atoms with Crippen molar-refractivity contribution in [3.63, 3.8) is 0 Å². The van der Waals surface area contributed by atoms with E-state index in [-0.39, 0.29) is 17.5 Å². The Bertz CT molecular complexity index is 375. The van der Waals surface area contributed by atoms with Crippen LogP contribution >= 0.6 is 11.8 Å². The van der Waals surface area contributed by atoms with Gasteiger partial charge in [0.05, 0.1) is 5.92 Å². The number of hydrogen-bond acceptors (Lipinski definition) is 2. The molecule has 1 heterocycles. The van der Waals surface area contributed by atoms with E-state index in [1.807, 2.05) is 0 Å². The van der Waals surface area contributed by atoms with Gasteiger partial charge in [-0.05, 0) is 6.42 Å². The maximum atomic E-state index is 13.2.